The molecule has 1 aliphatic rings. The number of carboxylic acids is 1. The number of carboxylic acid groups (broad SMARTS) is 1. The number of carbonyl (C=O) groups excluding carboxylic acids is 1. The van der Waals surface area contributed by atoms with Gasteiger partial charge in [-0.3, -0.25) is 9.59 Å². The molecule has 0 atom stereocenters. The second kappa shape index (κ2) is 6.69. The predicted octanol–water partition coefficient (Wildman–Crippen LogP) is 2.35. The van der Waals surface area contributed by atoms with Gasteiger partial charge < -0.3 is 14.9 Å². The van der Waals surface area contributed by atoms with Crippen molar-refractivity contribution in [2.75, 3.05) is 31.1 Å². The van der Waals surface area contributed by atoms with Crippen molar-refractivity contribution in [2.24, 2.45) is 0 Å². The Balaban J connectivity index is 1.61. The Morgan fingerprint density at radius 1 is 0.913 bits per heavy atom. The normalized spacial score (nSPS) is 15.0. The number of benzene rings is 2. The molecule has 0 spiro atoms. The Bertz CT molecular complexity index is 721. The zero-order valence-corrected chi connectivity index (χ0v) is 12.9. The maximum absolute atomic E-state index is 12.0. The van der Waals surface area contributed by atoms with Crippen LogP contribution in [0.1, 0.15) is 12.8 Å². The standard InChI is InChI=1S/C18H20N2O3/c21-17(7-8-18(22)23)20-11-9-19(10-12-20)16-6-5-14-3-1-2-4-15(14)13-16/h1-6,13H,7-12H2,(H,22,23). The van der Waals surface area contributed by atoms with Gasteiger partial charge in [-0.25, -0.2) is 0 Å². The number of anilines is 1. The van der Waals surface area contributed by atoms with Gasteiger partial charge in [0.2, 0.25) is 5.91 Å². The fourth-order valence-electron chi connectivity index (χ4n) is 2.96. The maximum atomic E-state index is 12.0. The van der Waals surface area contributed by atoms with Gasteiger partial charge in [-0.05, 0) is 22.9 Å². The van der Waals surface area contributed by atoms with Crippen LogP contribution < -0.4 is 4.90 Å². The van der Waals surface area contributed by atoms with Crippen molar-refractivity contribution in [1.82, 2.24) is 4.90 Å². The lowest BCUT2D eigenvalue weighted by Gasteiger charge is -2.36. The summed E-state index contributed by atoms with van der Waals surface area (Å²) in [7, 11) is 0. The minimum Gasteiger partial charge on any atom is -0.481 e. The molecule has 1 amide bonds. The monoisotopic (exact) mass is 312 g/mol. The summed E-state index contributed by atoms with van der Waals surface area (Å²) in [4.78, 5) is 26.6. The average molecular weight is 312 g/mol. The average Bonchev–Trinajstić information content (AvgIpc) is 2.59. The van der Waals surface area contributed by atoms with Crippen LogP contribution in [0.4, 0.5) is 5.69 Å². The Hall–Kier alpha value is -2.56. The van der Waals surface area contributed by atoms with Gasteiger partial charge in [-0.2, -0.15) is 0 Å². The topological polar surface area (TPSA) is 60.9 Å². The first-order chi connectivity index (χ1) is 11.1. The third-order valence-electron chi connectivity index (χ3n) is 4.28. The Morgan fingerprint density at radius 3 is 2.30 bits per heavy atom. The lowest BCUT2D eigenvalue weighted by molar-refractivity contribution is -0.141. The van der Waals surface area contributed by atoms with Gasteiger partial charge in [0.05, 0.1) is 6.42 Å². The molecule has 1 fully saturated rings. The minimum atomic E-state index is -0.923. The number of hydrogen-bond acceptors (Lipinski definition) is 3. The molecule has 1 heterocycles. The zero-order chi connectivity index (χ0) is 16.2. The molecule has 2 aromatic rings. The lowest BCUT2D eigenvalue weighted by Crippen LogP contribution is -2.48. The third-order valence-corrected chi connectivity index (χ3v) is 4.28. The molecular formula is C18H20N2O3. The molecule has 2 aromatic carbocycles. The molecule has 120 valence electrons. The summed E-state index contributed by atoms with van der Waals surface area (Å²) in [5, 5.41) is 11.1. The van der Waals surface area contributed by atoms with Crippen LogP contribution in [0.5, 0.6) is 0 Å². The van der Waals surface area contributed by atoms with E-state index in [0.717, 1.165) is 13.1 Å². The van der Waals surface area contributed by atoms with Crippen molar-refractivity contribution in [2.45, 2.75) is 12.8 Å². The summed E-state index contributed by atoms with van der Waals surface area (Å²) in [5.74, 6) is -0.987. The van der Waals surface area contributed by atoms with E-state index >= 15 is 0 Å². The molecule has 1 aliphatic heterocycles. The fourth-order valence-corrected chi connectivity index (χ4v) is 2.96. The molecule has 5 heteroatoms. The zero-order valence-electron chi connectivity index (χ0n) is 12.9. The Kier molecular flexibility index (Phi) is 4.46. The Labute approximate surface area is 135 Å². The highest BCUT2D eigenvalue weighted by Gasteiger charge is 2.21. The first-order valence-corrected chi connectivity index (χ1v) is 7.87. The number of amides is 1. The van der Waals surface area contributed by atoms with Crippen molar-refractivity contribution < 1.29 is 14.7 Å². The second-order valence-electron chi connectivity index (χ2n) is 5.79. The van der Waals surface area contributed by atoms with Crippen LogP contribution in [0.3, 0.4) is 0 Å². The van der Waals surface area contributed by atoms with Crippen LogP contribution >= 0.6 is 0 Å². The van der Waals surface area contributed by atoms with Crippen molar-refractivity contribution in [3.63, 3.8) is 0 Å². The number of piperazine rings is 1. The highest BCUT2D eigenvalue weighted by Crippen LogP contribution is 2.23. The van der Waals surface area contributed by atoms with Crippen LogP contribution in [-0.4, -0.2) is 48.1 Å². The fraction of sp³-hybridized carbons (Fsp3) is 0.333. The van der Waals surface area contributed by atoms with Gasteiger partial charge in [0.15, 0.2) is 0 Å². The SMILES string of the molecule is O=C(O)CCC(=O)N1CCN(c2ccc3ccccc3c2)CC1. The first kappa shape index (κ1) is 15.3. The largest absolute Gasteiger partial charge is 0.481 e. The number of carbonyl (C=O) groups is 2. The Morgan fingerprint density at radius 2 is 1.61 bits per heavy atom. The summed E-state index contributed by atoms with van der Waals surface area (Å²) in [5.41, 5.74) is 1.17. The molecule has 0 saturated carbocycles. The smallest absolute Gasteiger partial charge is 0.303 e. The van der Waals surface area contributed by atoms with E-state index in [9.17, 15) is 9.59 Å². The van der Waals surface area contributed by atoms with Gasteiger partial charge in [-0.1, -0.05) is 30.3 Å². The van der Waals surface area contributed by atoms with E-state index in [-0.39, 0.29) is 18.7 Å². The molecule has 5 nitrogen and oxygen atoms in total. The van der Waals surface area contributed by atoms with Gasteiger partial charge in [0.25, 0.3) is 0 Å². The van der Waals surface area contributed by atoms with E-state index in [0.29, 0.717) is 13.1 Å². The van der Waals surface area contributed by atoms with E-state index in [1.165, 1.54) is 16.5 Å². The van der Waals surface area contributed by atoms with Crippen LogP contribution in [0, 0.1) is 0 Å². The van der Waals surface area contributed by atoms with Crippen molar-refractivity contribution in [1.29, 1.82) is 0 Å². The molecule has 0 bridgehead atoms. The predicted molar refractivity (Wildman–Crippen MR) is 89.6 cm³/mol. The number of nitrogens with zero attached hydrogens (tertiary/aromatic N) is 2. The van der Waals surface area contributed by atoms with Gasteiger partial charge in [-0.15, -0.1) is 0 Å². The molecular weight excluding hydrogens is 292 g/mol. The highest BCUT2D eigenvalue weighted by molar-refractivity contribution is 5.86. The summed E-state index contributed by atoms with van der Waals surface area (Å²) < 4.78 is 0. The lowest BCUT2D eigenvalue weighted by atomic mass is 10.1. The highest BCUT2D eigenvalue weighted by atomic mass is 16.4. The summed E-state index contributed by atoms with van der Waals surface area (Å²) >= 11 is 0. The van der Waals surface area contributed by atoms with E-state index in [2.05, 4.69) is 35.2 Å². The van der Waals surface area contributed by atoms with Crippen LogP contribution in [0.15, 0.2) is 42.5 Å². The molecule has 0 radical (unpaired) electrons. The molecule has 0 unspecified atom stereocenters. The quantitative estimate of drug-likeness (QED) is 0.941. The van der Waals surface area contributed by atoms with E-state index in [1.807, 2.05) is 12.1 Å². The van der Waals surface area contributed by atoms with Gasteiger partial charge in [0.1, 0.15) is 0 Å². The molecule has 23 heavy (non-hydrogen) atoms. The minimum absolute atomic E-state index is 0.0643. The molecule has 0 aliphatic carbocycles. The summed E-state index contributed by atoms with van der Waals surface area (Å²) in [6.07, 6.45) is -0.00493. The third kappa shape index (κ3) is 3.62. The van der Waals surface area contributed by atoms with Crippen molar-refractivity contribution >= 4 is 28.3 Å². The maximum Gasteiger partial charge on any atom is 0.303 e. The molecule has 0 aromatic heterocycles. The van der Waals surface area contributed by atoms with Gasteiger partial charge in [0, 0.05) is 38.3 Å². The summed E-state index contributed by atoms with van der Waals surface area (Å²) in [6.45, 7) is 2.84. The van der Waals surface area contributed by atoms with E-state index in [4.69, 9.17) is 5.11 Å². The summed E-state index contributed by atoms with van der Waals surface area (Å²) in [6, 6.07) is 14.7. The van der Waals surface area contributed by atoms with E-state index in [1.54, 1.807) is 4.90 Å². The molecule has 1 N–H and O–H groups in total. The van der Waals surface area contributed by atoms with Crippen LogP contribution in [0.25, 0.3) is 10.8 Å². The first-order valence-electron chi connectivity index (χ1n) is 7.87. The molecule has 3 rings (SSSR count). The van der Waals surface area contributed by atoms with E-state index < -0.39 is 5.97 Å². The second-order valence-corrected chi connectivity index (χ2v) is 5.79. The van der Waals surface area contributed by atoms with Crippen LogP contribution in [-0.2, 0) is 9.59 Å². The van der Waals surface area contributed by atoms with Crippen LogP contribution in [0.2, 0.25) is 0 Å². The van der Waals surface area contributed by atoms with Gasteiger partial charge >= 0.3 is 5.97 Å². The van der Waals surface area contributed by atoms with Crippen molar-refractivity contribution in [3.05, 3.63) is 42.5 Å². The number of rotatable bonds is 4. The van der Waals surface area contributed by atoms with Crippen molar-refractivity contribution in [3.8, 4) is 0 Å². The number of hydrogen-bond donors (Lipinski definition) is 1. The number of aliphatic carboxylic acids is 1. The molecule has 1 saturated heterocycles. The number of fused-ring (bicyclic) bond motifs is 1.